The van der Waals surface area contributed by atoms with Gasteiger partial charge in [-0.1, -0.05) is 65.5 Å². The summed E-state index contributed by atoms with van der Waals surface area (Å²) in [6.07, 6.45) is 5.78. The zero-order chi connectivity index (χ0) is 19.5. The molecule has 1 fully saturated rings. The zero-order valence-corrected chi connectivity index (χ0v) is 17.4. The van der Waals surface area contributed by atoms with Gasteiger partial charge in [0.2, 0.25) is 0 Å². The molecule has 0 saturated carbocycles. The fourth-order valence-electron chi connectivity index (χ4n) is 1.55. The minimum absolute atomic E-state index is 0.674. The van der Waals surface area contributed by atoms with Gasteiger partial charge in [0, 0.05) is 18.3 Å². The summed E-state index contributed by atoms with van der Waals surface area (Å²) in [5, 5.41) is 6.22. The zero-order valence-electron chi connectivity index (χ0n) is 17.4. The van der Waals surface area contributed by atoms with E-state index in [0.717, 1.165) is 23.7 Å². The van der Waals surface area contributed by atoms with Crippen molar-refractivity contribution in [1.29, 1.82) is 0 Å². The first-order valence-electron chi connectivity index (χ1n) is 8.94. The molecule has 0 aromatic rings. The van der Waals surface area contributed by atoms with Crippen molar-refractivity contribution in [3.8, 4) is 0 Å². The lowest BCUT2D eigenvalue weighted by atomic mass is 10.2. The van der Waals surface area contributed by atoms with E-state index in [9.17, 15) is 0 Å². The Bertz CT molecular complexity index is 399. The molecule has 1 atom stereocenters. The van der Waals surface area contributed by atoms with Crippen LogP contribution in [0.4, 0.5) is 0 Å². The van der Waals surface area contributed by atoms with E-state index < -0.39 is 0 Å². The van der Waals surface area contributed by atoms with Gasteiger partial charge in [-0.25, -0.2) is 4.99 Å². The van der Waals surface area contributed by atoms with Gasteiger partial charge < -0.3 is 10.6 Å². The van der Waals surface area contributed by atoms with E-state index in [1.165, 1.54) is 18.4 Å². The molecule has 0 aromatic carbocycles. The summed E-state index contributed by atoms with van der Waals surface area (Å²) < 4.78 is 0. The standard InChI is InChI=1S/C10H16N2.C6H11N.C3H8.C2H6/c1-6-9(5)10(11-7-2)12-8(3)4;1-5-3-6(2)7-4-5;1-3-2;1-2/h6-7,11H,1-2H2,3-5H3;6-7H,1,3-4H2,2H3;3H2,1-2H3;1-2H3/b10-9-;;;. The second-order valence-electron chi connectivity index (χ2n) is 5.59. The Kier molecular flexibility index (Phi) is 22.1. The molecule has 1 aliphatic heterocycles. The fraction of sp³-hybridized carbons (Fsp3) is 0.571. The van der Waals surface area contributed by atoms with Crippen LogP contribution in [-0.2, 0) is 0 Å². The summed E-state index contributed by atoms with van der Waals surface area (Å²) in [5.41, 5.74) is 3.35. The van der Waals surface area contributed by atoms with Gasteiger partial charge in [0.1, 0.15) is 5.82 Å². The maximum Gasteiger partial charge on any atom is 0.132 e. The minimum Gasteiger partial charge on any atom is -0.347 e. The monoisotopic (exact) mass is 335 g/mol. The molecule has 0 spiro atoms. The van der Waals surface area contributed by atoms with E-state index in [1.807, 2.05) is 34.6 Å². The predicted molar refractivity (Wildman–Crippen MR) is 114 cm³/mol. The van der Waals surface area contributed by atoms with Crippen LogP contribution in [0, 0.1) is 0 Å². The molecule has 1 heterocycles. The van der Waals surface area contributed by atoms with Crippen LogP contribution in [0.5, 0.6) is 0 Å². The number of nitrogens with zero attached hydrogens (tertiary/aromatic N) is 1. The van der Waals surface area contributed by atoms with Gasteiger partial charge in [-0.3, -0.25) is 0 Å². The molecule has 0 aliphatic carbocycles. The average molecular weight is 336 g/mol. The second kappa shape index (κ2) is 19.4. The molecule has 1 unspecified atom stereocenters. The highest BCUT2D eigenvalue weighted by molar-refractivity contribution is 5.80. The quantitative estimate of drug-likeness (QED) is 0.376. The first-order chi connectivity index (χ1) is 11.3. The van der Waals surface area contributed by atoms with Crippen molar-refractivity contribution in [2.24, 2.45) is 4.99 Å². The van der Waals surface area contributed by atoms with Gasteiger partial charge in [0.05, 0.1) is 0 Å². The molecular weight excluding hydrogens is 294 g/mol. The third kappa shape index (κ3) is 18.4. The van der Waals surface area contributed by atoms with Crippen LogP contribution in [0.15, 0.2) is 54.0 Å². The van der Waals surface area contributed by atoms with Crippen LogP contribution in [0.3, 0.4) is 0 Å². The lowest BCUT2D eigenvalue weighted by molar-refractivity contribution is 0.667. The smallest absolute Gasteiger partial charge is 0.132 e. The van der Waals surface area contributed by atoms with Crippen LogP contribution < -0.4 is 10.6 Å². The third-order valence-electron chi connectivity index (χ3n) is 2.55. The van der Waals surface area contributed by atoms with E-state index in [1.54, 1.807) is 12.3 Å². The molecule has 0 amide bonds. The lowest BCUT2D eigenvalue weighted by Gasteiger charge is -2.04. The number of hydrogen-bond donors (Lipinski definition) is 2. The highest BCUT2D eigenvalue weighted by Crippen LogP contribution is 2.08. The van der Waals surface area contributed by atoms with Crippen molar-refractivity contribution in [1.82, 2.24) is 10.6 Å². The molecular formula is C21H41N3. The summed E-state index contributed by atoms with van der Waals surface area (Å²) in [6, 6.07) is 0.674. The molecule has 140 valence electrons. The Labute approximate surface area is 151 Å². The third-order valence-corrected chi connectivity index (χ3v) is 2.55. The predicted octanol–water partition coefficient (Wildman–Crippen LogP) is 5.98. The number of allylic oxidation sites excluding steroid dienone is 2. The van der Waals surface area contributed by atoms with E-state index in [-0.39, 0.29) is 0 Å². The van der Waals surface area contributed by atoms with Gasteiger partial charge in [-0.2, -0.15) is 0 Å². The van der Waals surface area contributed by atoms with Gasteiger partial charge >= 0.3 is 0 Å². The van der Waals surface area contributed by atoms with Crippen molar-refractivity contribution in [3.63, 3.8) is 0 Å². The van der Waals surface area contributed by atoms with Crippen molar-refractivity contribution < 1.29 is 0 Å². The van der Waals surface area contributed by atoms with Gasteiger partial charge in [-0.15, -0.1) is 0 Å². The maximum atomic E-state index is 4.28. The average Bonchev–Trinajstić information content (AvgIpc) is 2.92. The van der Waals surface area contributed by atoms with Crippen LogP contribution >= 0.6 is 0 Å². The van der Waals surface area contributed by atoms with E-state index in [0.29, 0.717) is 6.04 Å². The Morgan fingerprint density at radius 1 is 1.25 bits per heavy atom. The topological polar surface area (TPSA) is 36.4 Å². The summed E-state index contributed by atoms with van der Waals surface area (Å²) in [5.74, 6) is 0.806. The highest BCUT2D eigenvalue weighted by Gasteiger charge is 2.10. The second-order valence-corrected chi connectivity index (χ2v) is 5.59. The largest absolute Gasteiger partial charge is 0.347 e. The molecule has 0 aromatic heterocycles. The van der Waals surface area contributed by atoms with Crippen LogP contribution in [-0.4, -0.2) is 18.3 Å². The molecule has 0 radical (unpaired) electrons. The summed E-state index contributed by atoms with van der Waals surface area (Å²) in [6.45, 7) is 28.4. The number of nitrogens with one attached hydrogen (secondary N) is 2. The van der Waals surface area contributed by atoms with Crippen molar-refractivity contribution in [2.75, 3.05) is 6.54 Å². The molecule has 3 nitrogen and oxygen atoms in total. The Balaban J connectivity index is -0.000000309. The lowest BCUT2D eigenvalue weighted by Crippen LogP contribution is -2.16. The Morgan fingerprint density at radius 2 is 1.75 bits per heavy atom. The molecule has 1 aliphatic rings. The van der Waals surface area contributed by atoms with Crippen molar-refractivity contribution in [3.05, 3.63) is 49.0 Å². The molecule has 1 saturated heterocycles. The maximum absolute atomic E-state index is 4.28. The molecule has 0 bridgehead atoms. The molecule has 24 heavy (non-hydrogen) atoms. The van der Waals surface area contributed by atoms with E-state index in [4.69, 9.17) is 0 Å². The van der Waals surface area contributed by atoms with Gasteiger partial charge in [0.15, 0.2) is 0 Å². The van der Waals surface area contributed by atoms with Crippen molar-refractivity contribution in [2.45, 2.75) is 74.3 Å². The molecule has 1 rings (SSSR count). The Hall–Kier alpha value is -1.61. The normalized spacial score (nSPS) is 15.8. The van der Waals surface area contributed by atoms with Gasteiger partial charge in [0.25, 0.3) is 0 Å². The fourth-order valence-corrected chi connectivity index (χ4v) is 1.55. The number of rotatable bonds is 4. The number of aliphatic imine (C=N–C) groups is 1. The summed E-state index contributed by atoms with van der Waals surface area (Å²) in [4.78, 5) is 4.28. The van der Waals surface area contributed by atoms with E-state index >= 15 is 0 Å². The SMILES string of the molecule is C=C1CNC(C)C1.C=CN/C(N=C(C)C)=C(\C)C=C.CC.CCC. The first-order valence-corrected chi connectivity index (χ1v) is 8.94. The number of hydrogen-bond acceptors (Lipinski definition) is 3. The summed E-state index contributed by atoms with van der Waals surface area (Å²) >= 11 is 0. The molecule has 3 heteroatoms. The Morgan fingerprint density at radius 3 is 1.96 bits per heavy atom. The molecule has 2 N–H and O–H groups in total. The van der Waals surface area contributed by atoms with Crippen LogP contribution in [0.1, 0.15) is 68.2 Å². The highest BCUT2D eigenvalue weighted by atomic mass is 15.0. The van der Waals surface area contributed by atoms with Gasteiger partial charge in [-0.05, 0) is 45.9 Å². The van der Waals surface area contributed by atoms with Crippen LogP contribution in [0.25, 0.3) is 0 Å². The van der Waals surface area contributed by atoms with Crippen LogP contribution in [0.2, 0.25) is 0 Å². The van der Waals surface area contributed by atoms with Crippen molar-refractivity contribution >= 4 is 5.71 Å². The summed E-state index contributed by atoms with van der Waals surface area (Å²) in [7, 11) is 0. The van der Waals surface area contributed by atoms with E-state index in [2.05, 4.69) is 56.1 Å². The minimum atomic E-state index is 0.674. The first kappa shape index (κ1) is 27.2.